The number of amides is 1. The molecule has 1 amide bonds. The predicted octanol–water partition coefficient (Wildman–Crippen LogP) is 1.68. The molecule has 0 radical (unpaired) electrons. The molecule has 2 saturated heterocycles. The molecule has 3 aliphatic rings. The normalized spacial score (nSPS) is 31.9. The van der Waals surface area contributed by atoms with Crippen LogP contribution in [-0.4, -0.2) is 65.5 Å². The fraction of sp³-hybridized carbons (Fsp3) is 0.889. The van der Waals surface area contributed by atoms with E-state index in [1.165, 1.54) is 4.31 Å². The average Bonchev–Trinajstić information content (AvgIpc) is 3.15. The first kappa shape index (κ1) is 19.6. The summed E-state index contributed by atoms with van der Waals surface area (Å²) >= 11 is 0. The van der Waals surface area contributed by atoms with Gasteiger partial charge in [-0.1, -0.05) is 12.8 Å². The minimum Gasteiger partial charge on any atom is -0.481 e. The van der Waals surface area contributed by atoms with Gasteiger partial charge in [-0.15, -0.1) is 0 Å². The molecule has 0 aromatic heterocycles. The lowest BCUT2D eigenvalue weighted by atomic mass is 9.92. The van der Waals surface area contributed by atoms with Crippen molar-refractivity contribution in [1.29, 1.82) is 0 Å². The zero-order valence-electron chi connectivity index (χ0n) is 15.5. The highest BCUT2D eigenvalue weighted by Crippen LogP contribution is 2.32. The van der Waals surface area contributed by atoms with E-state index in [1.807, 2.05) is 0 Å². The monoisotopic (exact) mass is 386 g/mol. The standard InChI is InChI=1S/C18H30N2O5S/c1-13-16(18(22)23)9-5-11-20(13)26(24,25)15-8-4-10-19(12-15)17(21)14-6-2-3-7-14/h13-16H,2-12H2,1H3,(H,22,23)/t13-,15?,16-/m1/s1. The number of nitrogens with zero attached hydrogens (tertiary/aromatic N) is 2. The van der Waals surface area contributed by atoms with Crippen LogP contribution in [0, 0.1) is 11.8 Å². The van der Waals surface area contributed by atoms with Crippen molar-refractivity contribution >= 4 is 21.9 Å². The van der Waals surface area contributed by atoms with Gasteiger partial charge in [0.05, 0.1) is 11.2 Å². The molecule has 3 rings (SSSR count). The van der Waals surface area contributed by atoms with E-state index in [0.717, 1.165) is 25.7 Å². The first-order chi connectivity index (χ1) is 12.3. The number of hydrogen-bond acceptors (Lipinski definition) is 4. The zero-order valence-corrected chi connectivity index (χ0v) is 16.3. The van der Waals surface area contributed by atoms with Gasteiger partial charge in [0.1, 0.15) is 0 Å². The number of carbonyl (C=O) groups excluding carboxylic acids is 1. The van der Waals surface area contributed by atoms with Crippen molar-refractivity contribution in [1.82, 2.24) is 9.21 Å². The van der Waals surface area contributed by atoms with Gasteiger partial charge >= 0.3 is 5.97 Å². The summed E-state index contributed by atoms with van der Waals surface area (Å²) < 4.78 is 27.8. The topological polar surface area (TPSA) is 95.0 Å². The lowest BCUT2D eigenvalue weighted by molar-refractivity contribution is -0.144. The van der Waals surface area contributed by atoms with Crippen LogP contribution in [0.4, 0.5) is 0 Å². The van der Waals surface area contributed by atoms with Gasteiger partial charge in [-0.3, -0.25) is 9.59 Å². The van der Waals surface area contributed by atoms with Crippen molar-refractivity contribution in [2.24, 2.45) is 11.8 Å². The van der Waals surface area contributed by atoms with E-state index in [0.29, 0.717) is 38.8 Å². The molecular formula is C18H30N2O5S. The highest BCUT2D eigenvalue weighted by Gasteiger charge is 2.44. The first-order valence-corrected chi connectivity index (χ1v) is 11.3. The average molecular weight is 387 g/mol. The highest BCUT2D eigenvalue weighted by molar-refractivity contribution is 7.89. The Morgan fingerprint density at radius 2 is 1.62 bits per heavy atom. The highest BCUT2D eigenvalue weighted by atomic mass is 32.2. The van der Waals surface area contributed by atoms with Crippen molar-refractivity contribution in [3.63, 3.8) is 0 Å². The van der Waals surface area contributed by atoms with Crippen molar-refractivity contribution in [2.75, 3.05) is 19.6 Å². The molecule has 1 unspecified atom stereocenters. The molecule has 8 heteroatoms. The number of likely N-dealkylation sites (tertiary alicyclic amines) is 1. The third-order valence-electron chi connectivity index (χ3n) is 6.39. The second-order valence-corrected chi connectivity index (χ2v) is 10.2. The summed E-state index contributed by atoms with van der Waals surface area (Å²) in [7, 11) is -3.61. The van der Waals surface area contributed by atoms with Crippen molar-refractivity contribution in [3.8, 4) is 0 Å². The maximum absolute atomic E-state index is 13.2. The molecule has 3 fully saturated rings. The minimum atomic E-state index is -3.61. The number of rotatable bonds is 4. The van der Waals surface area contributed by atoms with E-state index in [4.69, 9.17) is 0 Å². The smallest absolute Gasteiger partial charge is 0.308 e. The Labute approximate surface area is 155 Å². The van der Waals surface area contributed by atoms with Crippen LogP contribution in [-0.2, 0) is 19.6 Å². The zero-order chi connectivity index (χ0) is 18.9. The van der Waals surface area contributed by atoms with Crippen LogP contribution in [0.5, 0.6) is 0 Å². The summed E-state index contributed by atoms with van der Waals surface area (Å²) in [5.74, 6) is -1.42. The maximum Gasteiger partial charge on any atom is 0.308 e. The number of aliphatic carboxylic acids is 1. The molecule has 1 saturated carbocycles. The molecule has 0 aromatic carbocycles. The van der Waals surface area contributed by atoms with Crippen LogP contribution in [0.2, 0.25) is 0 Å². The SMILES string of the molecule is C[C@@H]1[C@H](C(=O)O)CCCN1S(=O)(=O)C1CCCN(C(=O)C2CCCC2)C1. The fourth-order valence-electron chi connectivity index (χ4n) is 4.81. The Hall–Kier alpha value is -1.15. The Morgan fingerprint density at radius 1 is 0.962 bits per heavy atom. The summed E-state index contributed by atoms with van der Waals surface area (Å²) in [5.41, 5.74) is 0. The van der Waals surface area contributed by atoms with Gasteiger partial charge < -0.3 is 10.0 Å². The summed E-state index contributed by atoms with van der Waals surface area (Å²) in [4.78, 5) is 25.9. The molecule has 2 aliphatic heterocycles. The van der Waals surface area contributed by atoms with E-state index in [2.05, 4.69) is 0 Å². The van der Waals surface area contributed by atoms with Gasteiger partial charge in [0.2, 0.25) is 15.9 Å². The number of carboxylic acids is 1. The quantitative estimate of drug-likeness (QED) is 0.793. The molecule has 26 heavy (non-hydrogen) atoms. The largest absolute Gasteiger partial charge is 0.481 e. The number of sulfonamides is 1. The van der Waals surface area contributed by atoms with E-state index in [-0.39, 0.29) is 18.4 Å². The van der Waals surface area contributed by atoms with Gasteiger partial charge in [0.15, 0.2) is 0 Å². The first-order valence-electron chi connectivity index (χ1n) is 9.84. The number of hydrogen-bond donors (Lipinski definition) is 1. The molecule has 3 atom stereocenters. The van der Waals surface area contributed by atoms with Gasteiger partial charge in [-0.05, 0) is 45.4 Å². The fourth-order valence-corrected chi connectivity index (χ4v) is 7.02. The van der Waals surface area contributed by atoms with Crippen molar-refractivity contribution < 1.29 is 23.1 Å². The van der Waals surface area contributed by atoms with Crippen LogP contribution >= 0.6 is 0 Å². The van der Waals surface area contributed by atoms with Crippen LogP contribution in [0.1, 0.15) is 58.3 Å². The van der Waals surface area contributed by atoms with E-state index < -0.39 is 33.2 Å². The molecular weight excluding hydrogens is 356 g/mol. The lowest BCUT2D eigenvalue weighted by Gasteiger charge is -2.41. The molecule has 1 N–H and O–H groups in total. The van der Waals surface area contributed by atoms with Crippen molar-refractivity contribution in [2.45, 2.75) is 69.6 Å². The van der Waals surface area contributed by atoms with Crippen molar-refractivity contribution in [3.05, 3.63) is 0 Å². The summed E-state index contributed by atoms with van der Waals surface area (Å²) in [6.07, 6.45) is 6.29. The second-order valence-electron chi connectivity index (χ2n) is 8.01. The Kier molecular flexibility index (Phi) is 5.91. The van der Waals surface area contributed by atoms with Gasteiger partial charge in [-0.2, -0.15) is 4.31 Å². The van der Waals surface area contributed by atoms with Gasteiger partial charge in [0.25, 0.3) is 0 Å². The van der Waals surface area contributed by atoms with Gasteiger partial charge in [0, 0.05) is 31.6 Å². The summed E-state index contributed by atoms with van der Waals surface area (Å²) in [6, 6.07) is -0.535. The molecule has 2 heterocycles. The molecule has 0 spiro atoms. The summed E-state index contributed by atoms with van der Waals surface area (Å²) in [6.45, 7) is 2.95. The number of carbonyl (C=O) groups is 2. The Morgan fingerprint density at radius 3 is 2.27 bits per heavy atom. The Bertz CT molecular complexity index is 644. The number of piperidine rings is 2. The van der Waals surface area contributed by atoms with E-state index in [9.17, 15) is 23.1 Å². The predicted molar refractivity (Wildman–Crippen MR) is 97.0 cm³/mol. The minimum absolute atomic E-state index is 0.0572. The molecule has 0 bridgehead atoms. The van der Waals surface area contributed by atoms with Crippen LogP contribution in [0.15, 0.2) is 0 Å². The van der Waals surface area contributed by atoms with Crippen LogP contribution in [0.3, 0.4) is 0 Å². The molecule has 0 aromatic rings. The lowest BCUT2D eigenvalue weighted by Crippen LogP contribution is -2.55. The van der Waals surface area contributed by atoms with E-state index in [1.54, 1.807) is 11.8 Å². The van der Waals surface area contributed by atoms with Crippen LogP contribution < -0.4 is 0 Å². The third kappa shape index (κ3) is 3.76. The number of carboxylic acid groups (broad SMARTS) is 1. The molecule has 7 nitrogen and oxygen atoms in total. The molecule has 1 aliphatic carbocycles. The molecule has 148 valence electrons. The summed E-state index contributed by atoms with van der Waals surface area (Å²) in [5, 5.41) is 8.75. The Balaban J connectivity index is 1.72. The third-order valence-corrected chi connectivity index (χ3v) is 8.79. The maximum atomic E-state index is 13.2. The van der Waals surface area contributed by atoms with E-state index >= 15 is 0 Å². The second kappa shape index (κ2) is 7.84. The van der Waals surface area contributed by atoms with Gasteiger partial charge in [-0.25, -0.2) is 8.42 Å². The van der Waals surface area contributed by atoms with Crippen LogP contribution in [0.25, 0.3) is 0 Å².